The number of halogens is 1. The van der Waals surface area contributed by atoms with E-state index >= 15 is 0 Å². The molecular formula is C12H14INO4. The number of cyclic esters (lactones) is 1. The van der Waals surface area contributed by atoms with Crippen LogP contribution in [0.2, 0.25) is 0 Å². The van der Waals surface area contributed by atoms with Gasteiger partial charge in [-0.3, -0.25) is 5.32 Å². The standard InChI is InChI=1S/C12H14INO4/c1-16-10-5-7-8(6-11(10)17-2)14-12(15)18-9(7)3-4-13/h5-6,9H,3-4H2,1-2H3,(H,14,15). The van der Waals surface area contributed by atoms with Gasteiger partial charge in [0.25, 0.3) is 0 Å². The summed E-state index contributed by atoms with van der Waals surface area (Å²) in [5.74, 6) is 1.22. The number of nitrogens with one attached hydrogen (secondary N) is 1. The fraction of sp³-hybridized carbons (Fsp3) is 0.417. The van der Waals surface area contributed by atoms with Crippen molar-refractivity contribution in [1.82, 2.24) is 0 Å². The molecule has 0 fully saturated rings. The maximum Gasteiger partial charge on any atom is 0.412 e. The third kappa shape index (κ3) is 2.47. The molecule has 1 aliphatic rings. The summed E-state index contributed by atoms with van der Waals surface area (Å²) in [7, 11) is 3.15. The lowest BCUT2D eigenvalue weighted by Gasteiger charge is -2.26. The van der Waals surface area contributed by atoms with Gasteiger partial charge in [0, 0.05) is 16.1 Å². The molecular weight excluding hydrogens is 349 g/mol. The zero-order chi connectivity index (χ0) is 13.1. The van der Waals surface area contributed by atoms with Crippen LogP contribution >= 0.6 is 22.6 Å². The number of rotatable bonds is 4. The van der Waals surface area contributed by atoms with Crippen LogP contribution in [0.25, 0.3) is 0 Å². The lowest BCUT2D eigenvalue weighted by molar-refractivity contribution is 0.105. The molecule has 1 aromatic rings. The summed E-state index contributed by atoms with van der Waals surface area (Å²) in [5, 5.41) is 2.68. The lowest BCUT2D eigenvalue weighted by atomic mass is 10.0. The minimum Gasteiger partial charge on any atom is -0.493 e. The number of benzene rings is 1. The van der Waals surface area contributed by atoms with Gasteiger partial charge in [0.1, 0.15) is 6.10 Å². The van der Waals surface area contributed by atoms with Crippen molar-refractivity contribution in [3.05, 3.63) is 17.7 Å². The van der Waals surface area contributed by atoms with E-state index in [-0.39, 0.29) is 6.10 Å². The average Bonchev–Trinajstić information content (AvgIpc) is 2.37. The second kappa shape index (κ2) is 5.64. The van der Waals surface area contributed by atoms with Gasteiger partial charge in [-0.1, -0.05) is 22.6 Å². The Labute approximate surface area is 119 Å². The number of ether oxygens (including phenoxy) is 3. The van der Waals surface area contributed by atoms with Gasteiger partial charge in [-0.05, 0) is 12.5 Å². The molecule has 0 aromatic heterocycles. The average molecular weight is 363 g/mol. The summed E-state index contributed by atoms with van der Waals surface area (Å²) in [6, 6.07) is 3.61. The first-order valence-electron chi connectivity index (χ1n) is 5.49. The highest BCUT2D eigenvalue weighted by Gasteiger charge is 2.27. The molecule has 0 bridgehead atoms. The van der Waals surface area contributed by atoms with Crippen LogP contribution in [0.1, 0.15) is 18.1 Å². The Hall–Kier alpha value is -1.18. The molecule has 18 heavy (non-hydrogen) atoms. The summed E-state index contributed by atoms with van der Waals surface area (Å²) >= 11 is 2.26. The van der Waals surface area contributed by atoms with Crippen molar-refractivity contribution in [3.63, 3.8) is 0 Å². The van der Waals surface area contributed by atoms with E-state index in [1.54, 1.807) is 20.3 Å². The van der Waals surface area contributed by atoms with Crippen LogP contribution in [0.3, 0.4) is 0 Å². The SMILES string of the molecule is COc1cc2c(cc1OC)C(CCI)OC(=O)N2. The minimum absolute atomic E-state index is 0.231. The molecule has 98 valence electrons. The zero-order valence-electron chi connectivity index (χ0n) is 10.2. The molecule has 0 aliphatic carbocycles. The van der Waals surface area contributed by atoms with Crippen molar-refractivity contribution in [2.45, 2.75) is 12.5 Å². The van der Waals surface area contributed by atoms with Crippen LogP contribution in [0.5, 0.6) is 11.5 Å². The van der Waals surface area contributed by atoms with Crippen LogP contribution in [-0.2, 0) is 4.74 Å². The maximum absolute atomic E-state index is 11.5. The highest BCUT2D eigenvalue weighted by molar-refractivity contribution is 14.1. The molecule has 0 saturated carbocycles. The number of carbonyl (C=O) groups excluding carboxylic acids is 1. The Kier molecular flexibility index (Phi) is 4.15. The highest BCUT2D eigenvalue weighted by Crippen LogP contribution is 2.40. The predicted octanol–water partition coefficient (Wildman–Crippen LogP) is 3.13. The molecule has 1 amide bonds. The predicted molar refractivity (Wildman–Crippen MR) is 75.9 cm³/mol. The van der Waals surface area contributed by atoms with E-state index in [9.17, 15) is 4.79 Å². The molecule has 1 aromatic carbocycles. The molecule has 1 atom stereocenters. The minimum atomic E-state index is -0.426. The van der Waals surface area contributed by atoms with Crippen LogP contribution in [-0.4, -0.2) is 24.7 Å². The summed E-state index contributed by atoms with van der Waals surface area (Å²) < 4.78 is 16.7. The number of fused-ring (bicyclic) bond motifs is 1. The summed E-state index contributed by atoms with van der Waals surface area (Å²) in [4.78, 5) is 11.5. The van der Waals surface area contributed by atoms with Gasteiger partial charge in [0.05, 0.1) is 19.9 Å². The number of anilines is 1. The first-order valence-corrected chi connectivity index (χ1v) is 7.01. The van der Waals surface area contributed by atoms with Gasteiger partial charge in [-0.15, -0.1) is 0 Å². The smallest absolute Gasteiger partial charge is 0.412 e. The van der Waals surface area contributed by atoms with Crippen molar-refractivity contribution < 1.29 is 19.0 Å². The summed E-state index contributed by atoms with van der Waals surface area (Å²) in [5.41, 5.74) is 1.64. The van der Waals surface area contributed by atoms with Crippen LogP contribution in [0.4, 0.5) is 10.5 Å². The quantitative estimate of drug-likeness (QED) is 0.660. The van der Waals surface area contributed by atoms with E-state index in [4.69, 9.17) is 14.2 Å². The van der Waals surface area contributed by atoms with E-state index in [1.165, 1.54) is 0 Å². The van der Waals surface area contributed by atoms with Gasteiger partial charge in [0.15, 0.2) is 11.5 Å². The molecule has 1 unspecified atom stereocenters. The fourth-order valence-corrected chi connectivity index (χ4v) is 2.48. The Balaban J connectivity index is 2.45. The number of methoxy groups -OCH3 is 2. The van der Waals surface area contributed by atoms with Gasteiger partial charge < -0.3 is 14.2 Å². The Morgan fingerprint density at radius 3 is 2.61 bits per heavy atom. The van der Waals surface area contributed by atoms with Crippen molar-refractivity contribution in [2.75, 3.05) is 24.0 Å². The summed E-state index contributed by atoms with van der Waals surface area (Å²) in [6.07, 6.45) is 0.117. The Morgan fingerprint density at radius 2 is 2.00 bits per heavy atom. The molecule has 0 saturated heterocycles. The van der Waals surface area contributed by atoms with Gasteiger partial charge in [-0.25, -0.2) is 4.79 Å². The highest BCUT2D eigenvalue weighted by atomic mass is 127. The largest absolute Gasteiger partial charge is 0.493 e. The number of carbonyl (C=O) groups is 1. The summed E-state index contributed by atoms with van der Waals surface area (Å²) in [6.45, 7) is 0. The number of amides is 1. The van der Waals surface area contributed by atoms with Gasteiger partial charge in [-0.2, -0.15) is 0 Å². The van der Waals surface area contributed by atoms with E-state index in [0.29, 0.717) is 11.5 Å². The first-order chi connectivity index (χ1) is 8.69. The lowest BCUT2D eigenvalue weighted by Crippen LogP contribution is -2.25. The molecule has 5 nitrogen and oxygen atoms in total. The second-order valence-corrected chi connectivity index (χ2v) is 4.87. The van der Waals surface area contributed by atoms with Crippen molar-refractivity contribution in [3.8, 4) is 11.5 Å². The van der Waals surface area contributed by atoms with Crippen molar-refractivity contribution in [2.24, 2.45) is 0 Å². The molecule has 6 heteroatoms. The molecule has 2 rings (SSSR count). The van der Waals surface area contributed by atoms with E-state index in [1.807, 2.05) is 6.07 Å². The molecule has 1 aliphatic heterocycles. The number of hydrogen-bond donors (Lipinski definition) is 1. The number of alkyl halides is 1. The second-order valence-electron chi connectivity index (χ2n) is 3.79. The molecule has 0 spiro atoms. The van der Waals surface area contributed by atoms with Crippen LogP contribution in [0, 0.1) is 0 Å². The van der Waals surface area contributed by atoms with Crippen molar-refractivity contribution in [1.29, 1.82) is 0 Å². The topological polar surface area (TPSA) is 56.8 Å². The van der Waals surface area contributed by atoms with Crippen LogP contribution in [0.15, 0.2) is 12.1 Å². The first kappa shape index (κ1) is 13.3. The van der Waals surface area contributed by atoms with Gasteiger partial charge >= 0.3 is 6.09 Å². The molecule has 1 N–H and O–H groups in total. The normalized spacial score (nSPS) is 17.5. The fourth-order valence-electron chi connectivity index (χ4n) is 1.91. The van der Waals surface area contributed by atoms with E-state index in [0.717, 1.165) is 22.1 Å². The maximum atomic E-state index is 11.5. The van der Waals surface area contributed by atoms with Gasteiger partial charge in [0.2, 0.25) is 0 Å². The zero-order valence-corrected chi connectivity index (χ0v) is 12.3. The van der Waals surface area contributed by atoms with Crippen LogP contribution < -0.4 is 14.8 Å². The number of hydrogen-bond acceptors (Lipinski definition) is 4. The van der Waals surface area contributed by atoms with E-state index in [2.05, 4.69) is 27.9 Å². The molecule has 1 heterocycles. The van der Waals surface area contributed by atoms with Crippen molar-refractivity contribution >= 4 is 34.4 Å². The third-order valence-corrected chi connectivity index (χ3v) is 3.38. The molecule has 0 radical (unpaired) electrons. The Morgan fingerprint density at radius 1 is 1.33 bits per heavy atom. The van der Waals surface area contributed by atoms with E-state index < -0.39 is 6.09 Å². The third-order valence-electron chi connectivity index (χ3n) is 2.76. The Bertz CT molecular complexity index is 464. The monoisotopic (exact) mass is 363 g/mol.